The van der Waals surface area contributed by atoms with Gasteiger partial charge in [-0.05, 0) is 27.1 Å². The van der Waals surface area contributed by atoms with Gasteiger partial charge in [0.15, 0.2) is 5.82 Å². The fourth-order valence-corrected chi connectivity index (χ4v) is 1.24. The van der Waals surface area contributed by atoms with E-state index in [9.17, 15) is 0 Å². The molecule has 0 unspecified atom stereocenters. The molecule has 0 saturated heterocycles. The van der Waals surface area contributed by atoms with Gasteiger partial charge in [-0.2, -0.15) is 10.1 Å². The smallest absolute Gasteiger partial charge is 0.244 e. The Balaban J connectivity index is 2.34. The molecule has 94 valence electrons. The van der Waals surface area contributed by atoms with E-state index >= 15 is 0 Å². The van der Waals surface area contributed by atoms with Crippen LogP contribution in [0.2, 0.25) is 0 Å². The van der Waals surface area contributed by atoms with Crippen LogP contribution in [0.4, 0.5) is 11.8 Å². The zero-order valence-electron chi connectivity index (χ0n) is 10.5. The second-order valence-electron chi connectivity index (χ2n) is 3.92. The quantitative estimate of drug-likeness (QED) is 0.515. The van der Waals surface area contributed by atoms with E-state index in [1.807, 2.05) is 0 Å². The molecule has 0 aliphatic carbocycles. The van der Waals surface area contributed by atoms with Crippen molar-refractivity contribution in [3.63, 3.8) is 0 Å². The SMILES string of the molecule is C=CCNc1cnnc(NCCCN(C)C)n1. The van der Waals surface area contributed by atoms with Gasteiger partial charge in [-0.15, -0.1) is 11.7 Å². The van der Waals surface area contributed by atoms with Crippen LogP contribution in [0.25, 0.3) is 0 Å². The molecule has 1 heterocycles. The van der Waals surface area contributed by atoms with Gasteiger partial charge in [0.2, 0.25) is 5.95 Å². The van der Waals surface area contributed by atoms with Gasteiger partial charge in [-0.1, -0.05) is 6.08 Å². The third-order valence-corrected chi connectivity index (χ3v) is 2.05. The second-order valence-corrected chi connectivity index (χ2v) is 3.92. The lowest BCUT2D eigenvalue weighted by atomic mass is 10.4. The van der Waals surface area contributed by atoms with E-state index < -0.39 is 0 Å². The van der Waals surface area contributed by atoms with Crippen molar-refractivity contribution < 1.29 is 0 Å². The van der Waals surface area contributed by atoms with E-state index in [0.717, 1.165) is 19.5 Å². The predicted octanol–water partition coefficient (Wildman–Crippen LogP) is 0.833. The molecule has 0 saturated carbocycles. The summed E-state index contributed by atoms with van der Waals surface area (Å²) in [7, 11) is 4.11. The summed E-state index contributed by atoms with van der Waals surface area (Å²) < 4.78 is 0. The van der Waals surface area contributed by atoms with Crippen LogP contribution in [0.1, 0.15) is 6.42 Å². The van der Waals surface area contributed by atoms with Gasteiger partial charge in [-0.25, -0.2) is 0 Å². The van der Waals surface area contributed by atoms with E-state index in [1.165, 1.54) is 0 Å². The average Bonchev–Trinajstić information content (AvgIpc) is 2.32. The first-order valence-electron chi connectivity index (χ1n) is 5.65. The van der Waals surface area contributed by atoms with Gasteiger partial charge in [-0.3, -0.25) is 0 Å². The lowest BCUT2D eigenvalue weighted by molar-refractivity contribution is 0.405. The highest BCUT2D eigenvalue weighted by atomic mass is 15.3. The Labute approximate surface area is 102 Å². The molecule has 0 atom stereocenters. The molecule has 0 fully saturated rings. The molecule has 0 spiro atoms. The van der Waals surface area contributed by atoms with Crippen molar-refractivity contribution in [2.45, 2.75) is 6.42 Å². The summed E-state index contributed by atoms with van der Waals surface area (Å²) >= 11 is 0. The van der Waals surface area contributed by atoms with Gasteiger partial charge in [0.25, 0.3) is 0 Å². The first-order chi connectivity index (χ1) is 8.22. The van der Waals surface area contributed by atoms with Gasteiger partial charge in [0.1, 0.15) is 0 Å². The maximum absolute atomic E-state index is 4.27. The number of anilines is 2. The van der Waals surface area contributed by atoms with Gasteiger partial charge < -0.3 is 15.5 Å². The maximum Gasteiger partial charge on any atom is 0.244 e. The second kappa shape index (κ2) is 7.56. The van der Waals surface area contributed by atoms with Crippen LogP contribution < -0.4 is 10.6 Å². The highest BCUT2D eigenvalue weighted by molar-refractivity contribution is 5.37. The summed E-state index contributed by atoms with van der Waals surface area (Å²) in [4.78, 5) is 6.41. The first kappa shape index (κ1) is 13.4. The van der Waals surface area contributed by atoms with E-state index in [2.05, 4.69) is 51.4 Å². The Morgan fingerprint density at radius 2 is 2.24 bits per heavy atom. The number of rotatable bonds is 8. The molecule has 0 aliphatic heterocycles. The standard InChI is InChI=1S/C11H20N6/c1-4-6-12-10-9-14-16-11(15-10)13-7-5-8-17(2)3/h4,9H,1,5-8H2,2-3H3,(H2,12,13,15,16). The van der Waals surface area contributed by atoms with Crippen LogP contribution in [-0.2, 0) is 0 Å². The zero-order valence-corrected chi connectivity index (χ0v) is 10.5. The summed E-state index contributed by atoms with van der Waals surface area (Å²) in [6, 6.07) is 0. The minimum atomic E-state index is 0.554. The van der Waals surface area contributed by atoms with Crippen molar-refractivity contribution in [1.82, 2.24) is 20.1 Å². The number of hydrogen-bond donors (Lipinski definition) is 2. The summed E-state index contributed by atoms with van der Waals surface area (Å²) in [5.41, 5.74) is 0. The van der Waals surface area contributed by atoms with Gasteiger partial charge >= 0.3 is 0 Å². The van der Waals surface area contributed by atoms with Gasteiger partial charge in [0.05, 0.1) is 6.20 Å². The molecule has 0 aliphatic rings. The summed E-state index contributed by atoms with van der Waals surface area (Å²) in [6.45, 7) is 6.17. The monoisotopic (exact) mass is 236 g/mol. The fourth-order valence-electron chi connectivity index (χ4n) is 1.24. The van der Waals surface area contributed by atoms with Crippen LogP contribution in [0, 0.1) is 0 Å². The fraction of sp³-hybridized carbons (Fsp3) is 0.545. The topological polar surface area (TPSA) is 66.0 Å². The Hall–Kier alpha value is -1.69. The number of hydrogen-bond acceptors (Lipinski definition) is 6. The van der Waals surface area contributed by atoms with Crippen molar-refractivity contribution in [2.75, 3.05) is 44.4 Å². The molecule has 2 N–H and O–H groups in total. The molecule has 1 aromatic rings. The third-order valence-electron chi connectivity index (χ3n) is 2.05. The van der Waals surface area contributed by atoms with Crippen LogP contribution in [0.5, 0.6) is 0 Å². The molecule has 6 heteroatoms. The molecule has 0 bridgehead atoms. The molecule has 0 radical (unpaired) electrons. The van der Waals surface area contributed by atoms with Crippen molar-refractivity contribution >= 4 is 11.8 Å². The molecule has 0 aromatic carbocycles. The van der Waals surface area contributed by atoms with E-state index in [1.54, 1.807) is 12.3 Å². The lowest BCUT2D eigenvalue weighted by Crippen LogP contribution is -2.17. The van der Waals surface area contributed by atoms with Crippen LogP contribution in [0.3, 0.4) is 0 Å². The van der Waals surface area contributed by atoms with Crippen molar-refractivity contribution in [3.8, 4) is 0 Å². The molecule has 1 aromatic heterocycles. The Morgan fingerprint density at radius 1 is 1.41 bits per heavy atom. The average molecular weight is 236 g/mol. The minimum absolute atomic E-state index is 0.554. The number of nitrogens with zero attached hydrogens (tertiary/aromatic N) is 4. The normalized spacial score (nSPS) is 10.3. The predicted molar refractivity (Wildman–Crippen MR) is 70.2 cm³/mol. The van der Waals surface area contributed by atoms with Crippen LogP contribution in [-0.4, -0.2) is 53.8 Å². The molecule has 1 rings (SSSR count). The van der Waals surface area contributed by atoms with Crippen LogP contribution >= 0.6 is 0 Å². The number of aromatic nitrogens is 3. The molecule has 0 amide bonds. The van der Waals surface area contributed by atoms with Crippen molar-refractivity contribution in [3.05, 3.63) is 18.9 Å². The molecule has 6 nitrogen and oxygen atoms in total. The highest BCUT2D eigenvalue weighted by Gasteiger charge is 1.99. The van der Waals surface area contributed by atoms with Crippen molar-refractivity contribution in [1.29, 1.82) is 0 Å². The third kappa shape index (κ3) is 5.82. The molecule has 17 heavy (non-hydrogen) atoms. The largest absolute Gasteiger partial charge is 0.365 e. The van der Waals surface area contributed by atoms with Crippen molar-refractivity contribution in [2.24, 2.45) is 0 Å². The van der Waals surface area contributed by atoms with Gasteiger partial charge in [0, 0.05) is 13.1 Å². The minimum Gasteiger partial charge on any atom is -0.365 e. The summed E-state index contributed by atoms with van der Waals surface area (Å²) in [6.07, 6.45) is 4.40. The summed E-state index contributed by atoms with van der Waals surface area (Å²) in [5.74, 6) is 1.26. The zero-order chi connectivity index (χ0) is 12.5. The Bertz CT molecular complexity index is 338. The Morgan fingerprint density at radius 3 is 2.94 bits per heavy atom. The maximum atomic E-state index is 4.27. The summed E-state index contributed by atoms with van der Waals surface area (Å²) in [5, 5.41) is 14.0. The molecular formula is C11H20N6. The van der Waals surface area contributed by atoms with E-state index in [-0.39, 0.29) is 0 Å². The Kier molecular flexibility index (Phi) is 5.95. The first-order valence-corrected chi connectivity index (χ1v) is 5.65. The highest BCUT2D eigenvalue weighted by Crippen LogP contribution is 2.02. The van der Waals surface area contributed by atoms with Crippen LogP contribution in [0.15, 0.2) is 18.9 Å². The lowest BCUT2D eigenvalue weighted by Gasteiger charge is -2.09. The van der Waals surface area contributed by atoms with E-state index in [0.29, 0.717) is 18.3 Å². The van der Waals surface area contributed by atoms with E-state index in [4.69, 9.17) is 0 Å². The number of nitrogens with one attached hydrogen (secondary N) is 2. The molecular weight excluding hydrogens is 216 g/mol.